The van der Waals surface area contributed by atoms with E-state index in [4.69, 9.17) is 17.7 Å². The maximum atomic E-state index is 12.4. The number of imidazole rings is 1. The standard InChI is InChI=1S/C24H42N4O6Si2/c1-13(2)35(14(3)4)31-11-19-21(33-36(34-35,15(5)6)16(7)8)18(10-29)24(32-19)28-12-25-20-22(28)26-17(9)27-23(20)30/h12-16,18-19,21,24,29H,10-11H2,1-9H3,(H,26,27,30)/t18-,19-,21?,24-/m1/s1. The molecule has 4 heterocycles. The quantitative estimate of drug-likeness (QED) is 0.532. The molecule has 2 N–H and O–H groups in total. The van der Waals surface area contributed by atoms with Gasteiger partial charge in [0.05, 0.1) is 31.6 Å². The van der Waals surface area contributed by atoms with Gasteiger partial charge in [0.25, 0.3) is 5.56 Å². The molecule has 4 atom stereocenters. The first-order chi connectivity index (χ1) is 16.9. The fourth-order valence-corrected chi connectivity index (χ4v) is 17.2. The van der Waals surface area contributed by atoms with Crippen molar-refractivity contribution < 1.29 is 22.8 Å². The number of aromatic amines is 1. The summed E-state index contributed by atoms with van der Waals surface area (Å²) in [6, 6.07) is 0. The molecular weight excluding hydrogens is 496 g/mol. The lowest BCUT2D eigenvalue weighted by atomic mass is 10.0. The van der Waals surface area contributed by atoms with Gasteiger partial charge in [-0.3, -0.25) is 9.36 Å². The van der Waals surface area contributed by atoms with E-state index in [0.717, 1.165) is 0 Å². The van der Waals surface area contributed by atoms with E-state index in [1.807, 2.05) is 0 Å². The number of rotatable bonds is 6. The lowest BCUT2D eigenvalue weighted by molar-refractivity contribution is -0.0554. The van der Waals surface area contributed by atoms with Crippen LogP contribution in [0.15, 0.2) is 11.1 Å². The van der Waals surface area contributed by atoms with Gasteiger partial charge in [-0.25, -0.2) is 9.97 Å². The molecule has 12 heteroatoms. The molecule has 202 valence electrons. The first-order valence-electron chi connectivity index (χ1n) is 13.1. The zero-order chi connectivity index (χ0) is 26.6. The van der Waals surface area contributed by atoms with Gasteiger partial charge in [-0.1, -0.05) is 55.4 Å². The molecule has 2 saturated heterocycles. The van der Waals surface area contributed by atoms with Crippen LogP contribution in [0.2, 0.25) is 22.2 Å². The maximum absolute atomic E-state index is 12.4. The third-order valence-corrected chi connectivity index (χ3v) is 18.1. The third-order valence-electron chi connectivity index (χ3n) is 7.84. The number of nitrogens with zero attached hydrogens (tertiary/aromatic N) is 3. The monoisotopic (exact) mass is 538 g/mol. The Morgan fingerprint density at radius 3 is 2.25 bits per heavy atom. The van der Waals surface area contributed by atoms with E-state index < -0.39 is 41.5 Å². The van der Waals surface area contributed by atoms with Gasteiger partial charge >= 0.3 is 17.1 Å². The van der Waals surface area contributed by atoms with Crippen LogP contribution in [0.25, 0.3) is 11.2 Å². The van der Waals surface area contributed by atoms with Gasteiger partial charge in [-0.05, 0) is 29.1 Å². The summed E-state index contributed by atoms with van der Waals surface area (Å²) >= 11 is 0. The van der Waals surface area contributed by atoms with Gasteiger partial charge in [0.2, 0.25) is 0 Å². The molecule has 0 bridgehead atoms. The van der Waals surface area contributed by atoms with Crippen LogP contribution in [0.3, 0.4) is 0 Å². The van der Waals surface area contributed by atoms with Crippen LogP contribution >= 0.6 is 0 Å². The van der Waals surface area contributed by atoms with Crippen LogP contribution in [0.5, 0.6) is 0 Å². The highest BCUT2D eigenvalue weighted by Crippen LogP contribution is 2.49. The normalized spacial score (nSPS) is 28.3. The number of hydrogen-bond donors (Lipinski definition) is 2. The summed E-state index contributed by atoms with van der Waals surface area (Å²) in [4.78, 5) is 23.9. The molecule has 0 amide bonds. The van der Waals surface area contributed by atoms with Crippen molar-refractivity contribution in [2.24, 2.45) is 5.92 Å². The second kappa shape index (κ2) is 10.0. The van der Waals surface area contributed by atoms with Crippen molar-refractivity contribution in [2.45, 2.75) is 103 Å². The predicted molar refractivity (Wildman–Crippen MR) is 141 cm³/mol. The Bertz CT molecular complexity index is 1120. The van der Waals surface area contributed by atoms with Crippen molar-refractivity contribution >= 4 is 28.3 Å². The Hall–Kier alpha value is -1.42. The number of fused-ring (bicyclic) bond motifs is 2. The minimum absolute atomic E-state index is 0.161. The summed E-state index contributed by atoms with van der Waals surface area (Å²) in [5.74, 6) is 0.0834. The Kier molecular flexibility index (Phi) is 7.70. The number of aliphatic hydroxyl groups excluding tert-OH is 1. The number of aliphatic hydroxyl groups is 1. The number of hydrogen-bond acceptors (Lipinski definition) is 8. The van der Waals surface area contributed by atoms with Crippen molar-refractivity contribution in [3.8, 4) is 0 Å². The Balaban J connectivity index is 1.82. The Morgan fingerprint density at radius 1 is 1.08 bits per heavy atom. The molecule has 4 rings (SSSR count). The highest BCUT2D eigenvalue weighted by atomic mass is 28.5. The lowest BCUT2D eigenvalue weighted by Crippen LogP contribution is -2.65. The second-order valence-corrected chi connectivity index (χ2v) is 20.3. The number of H-pyrrole nitrogens is 1. The summed E-state index contributed by atoms with van der Waals surface area (Å²) in [6.45, 7) is 19.3. The van der Waals surface area contributed by atoms with Crippen molar-refractivity contribution in [2.75, 3.05) is 13.2 Å². The predicted octanol–water partition coefficient (Wildman–Crippen LogP) is 3.89. The molecular formula is C24H42N4O6Si2. The lowest BCUT2D eigenvalue weighted by Gasteiger charge is -2.51. The largest absolute Gasteiger partial charge is 0.414 e. The fraction of sp³-hybridized carbons (Fsp3) is 0.792. The van der Waals surface area contributed by atoms with E-state index in [1.54, 1.807) is 17.8 Å². The molecule has 2 aliphatic rings. The Morgan fingerprint density at radius 2 is 1.69 bits per heavy atom. The van der Waals surface area contributed by atoms with Crippen LogP contribution in [0, 0.1) is 12.8 Å². The molecule has 0 saturated carbocycles. The summed E-state index contributed by atoms with van der Waals surface area (Å²) in [7, 11) is -5.56. The number of ether oxygens (including phenoxy) is 1. The maximum Gasteiger partial charge on any atom is 0.335 e. The number of aryl methyl sites for hydroxylation is 1. The Labute approximate surface area is 215 Å². The molecule has 0 radical (unpaired) electrons. The average molecular weight is 539 g/mol. The van der Waals surface area contributed by atoms with Gasteiger partial charge in [0.15, 0.2) is 11.2 Å². The molecule has 36 heavy (non-hydrogen) atoms. The first-order valence-corrected chi connectivity index (χ1v) is 17.0. The molecule has 10 nitrogen and oxygen atoms in total. The molecule has 0 spiro atoms. The zero-order valence-corrected chi connectivity index (χ0v) is 24.9. The minimum Gasteiger partial charge on any atom is -0.414 e. The summed E-state index contributed by atoms with van der Waals surface area (Å²) in [6.07, 6.45) is 0.131. The second-order valence-electron chi connectivity index (χ2n) is 11.4. The summed E-state index contributed by atoms with van der Waals surface area (Å²) in [5, 5.41) is 10.6. The van der Waals surface area contributed by atoms with Gasteiger partial charge < -0.3 is 27.8 Å². The molecule has 1 unspecified atom stereocenters. The van der Waals surface area contributed by atoms with Gasteiger partial charge in [0.1, 0.15) is 18.2 Å². The highest BCUT2D eigenvalue weighted by Gasteiger charge is 2.61. The highest BCUT2D eigenvalue weighted by molar-refractivity contribution is 6.83. The smallest absolute Gasteiger partial charge is 0.335 e. The van der Waals surface area contributed by atoms with Crippen LogP contribution < -0.4 is 5.56 Å². The van der Waals surface area contributed by atoms with Crippen LogP contribution in [0.1, 0.15) is 67.4 Å². The first kappa shape index (κ1) is 27.6. The van der Waals surface area contributed by atoms with Crippen LogP contribution in [-0.2, 0) is 17.7 Å². The van der Waals surface area contributed by atoms with E-state index in [9.17, 15) is 9.90 Å². The van der Waals surface area contributed by atoms with E-state index in [2.05, 4.69) is 70.3 Å². The minimum atomic E-state index is -2.86. The zero-order valence-electron chi connectivity index (χ0n) is 22.9. The summed E-state index contributed by atoms with van der Waals surface area (Å²) in [5.41, 5.74) is 1.15. The van der Waals surface area contributed by atoms with Gasteiger partial charge in [-0.2, -0.15) is 0 Å². The topological polar surface area (TPSA) is 121 Å². The SMILES string of the molecule is Cc1nc2c(ncn2[C@@H]2O[C@@H]3CO[Si](C(C)C)(C(C)C)O[Si](C(C)C)(C(C)C)OC3[C@H]2CO)c(=O)[nH]1. The number of aromatic nitrogens is 4. The third kappa shape index (κ3) is 4.34. The van der Waals surface area contributed by atoms with E-state index in [0.29, 0.717) is 18.1 Å². The summed E-state index contributed by atoms with van der Waals surface area (Å²) < 4.78 is 29.6. The van der Waals surface area contributed by atoms with Crippen molar-refractivity contribution in [3.63, 3.8) is 0 Å². The van der Waals surface area contributed by atoms with Crippen LogP contribution in [0.4, 0.5) is 0 Å². The fourth-order valence-electron chi connectivity index (χ4n) is 5.92. The van der Waals surface area contributed by atoms with E-state index in [-0.39, 0.29) is 39.8 Å². The number of nitrogens with one attached hydrogen (secondary N) is 1. The molecule has 2 fully saturated rings. The van der Waals surface area contributed by atoms with E-state index >= 15 is 0 Å². The molecule has 0 aliphatic carbocycles. The van der Waals surface area contributed by atoms with Crippen molar-refractivity contribution in [1.29, 1.82) is 0 Å². The van der Waals surface area contributed by atoms with Crippen molar-refractivity contribution in [1.82, 2.24) is 19.5 Å². The molecule has 2 aromatic heterocycles. The van der Waals surface area contributed by atoms with E-state index in [1.165, 1.54) is 0 Å². The van der Waals surface area contributed by atoms with Gasteiger partial charge in [0, 0.05) is 0 Å². The van der Waals surface area contributed by atoms with Crippen molar-refractivity contribution in [3.05, 3.63) is 22.5 Å². The van der Waals surface area contributed by atoms with Crippen LogP contribution in [-0.4, -0.2) is 67.2 Å². The molecule has 2 aliphatic heterocycles. The van der Waals surface area contributed by atoms with Gasteiger partial charge in [-0.15, -0.1) is 0 Å². The molecule has 0 aromatic carbocycles. The molecule has 2 aromatic rings. The average Bonchev–Trinajstić information content (AvgIpc) is 3.33.